The Labute approximate surface area is 97.4 Å². The lowest BCUT2D eigenvalue weighted by atomic mass is 10.3. The standard InChI is InChI=1S/C9H4Br2NO2/c10-6-1-2-7(11)8(3-6)14-9-4-12-5-13-9/h1-4H. The van der Waals surface area contributed by atoms with E-state index >= 15 is 0 Å². The van der Waals surface area contributed by atoms with Gasteiger partial charge in [-0.15, -0.1) is 0 Å². The van der Waals surface area contributed by atoms with Gasteiger partial charge >= 0.3 is 5.95 Å². The molecule has 2 aromatic rings. The van der Waals surface area contributed by atoms with Crippen molar-refractivity contribution in [3.63, 3.8) is 0 Å². The first-order valence-corrected chi connectivity index (χ1v) is 5.29. The van der Waals surface area contributed by atoms with Crippen molar-refractivity contribution in [2.24, 2.45) is 0 Å². The summed E-state index contributed by atoms with van der Waals surface area (Å²) < 4.78 is 12.0. The van der Waals surface area contributed by atoms with Crippen LogP contribution in [0.1, 0.15) is 0 Å². The molecule has 1 heterocycles. The van der Waals surface area contributed by atoms with Crippen LogP contribution in [0, 0.1) is 6.39 Å². The second-order valence-corrected chi connectivity index (χ2v) is 4.22. The Morgan fingerprint density at radius 2 is 2.21 bits per heavy atom. The molecular weight excluding hydrogens is 314 g/mol. The summed E-state index contributed by atoms with van der Waals surface area (Å²) in [5, 5.41) is 0. The van der Waals surface area contributed by atoms with Crippen LogP contribution in [0.15, 0.2) is 37.8 Å². The lowest BCUT2D eigenvalue weighted by molar-refractivity contribution is 0.341. The number of halogens is 2. The molecule has 71 valence electrons. The molecule has 5 heteroatoms. The molecule has 0 fully saturated rings. The first kappa shape index (κ1) is 9.73. The zero-order valence-corrected chi connectivity index (χ0v) is 10.0. The van der Waals surface area contributed by atoms with E-state index in [1.807, 2.05) is 18.2 Å². The van der Waals surface area contributed by atoms with Gasteiger partial charge in [0.1, 0.15) is 11.9 Å². The molecule has 3 nitrogen and oxygen atoms in total. The van der Waals surface area contributed by atoms with Crippen molar-refractivity contribution in [2.45, 2.75) is 0 Å². The Morgan fingerprint density at radius 1 is 1.36 bits per heavy atom. The van der Waals surface area contributed by atoms with Crippen molar-refractivity contribution >= 4 is 31.9 Å². The molecule has 2 rings (SSSR count). The Balaban J connectivity index is 2.28. The molecule has 0 spiro atoms. The van der Waals surface area contributed by atoms with Crippen molar-refractivity contribution in [1.82, 2.24) is 4.98 Å². The molecule has 1 aromatic heterocycles. The van der Waals surface area contributed by atoms with Gasteiger partial charge in [-0.05, 0) is 34.1 Å². The second-order valence-electron chi connectivity index (χ2n) is 2.45. The van der Waals surface area contributed by atoms with Gasteiger partial charge in [0, 0.05) is 4.47 Å². The van der Waals surface area contributed by atoms with Crippen LogP contribution in [0.5, 0.6) is 11.7 Å². The van der Waals surface area contributed by atoms with Gasteiger partial charge in [0.15, 0.2) is 0 Å². The molecule has 0 bridgehead atoms. The molecule has 0 saturated carbocycles. The monoisotopic (exact) mass is 316 g/mol. The number of nitrogens with zero attached hydrogens (tertiary/aromatic N) is 1. The lowest BCUT2D eigenvalue weighted by Crippen LogP contribution is -1.83. The number of ether oxygens (including phenoxy) is 1. The maximum Gasteiger partial charge on any atom is 0.311 e. The highest BCUT2D eigenvalue weighted by atomic mass is 79.9. The smallest absolute Gasteiger partial charge is 0.311 e. The Kier molecular flexibility index (Phi) is 2.88. The van der Waals surface area contributed by atoms with Gasteiger partial charge in [-0.2, -0.15) is 0 Å². The number of hydrogen-bond donors (Lipinski definition) is 0. The number of oxazole rings is 1. The van der Waals surface area contributed by atoms with Crippen LogP contribution in [0.4, 0.5) is 0 Å². The summed E-state index contributed by atoms with van der Waals surface area (Å²) in [5.41, 5.74) is 0. The normalized spacial score (nSPS) is 10.1. The summed E-state index contributed by atoms with van der Waals surface area (Å²) in [4.78, 5) is 3.63. The number of hydrogen-bond acceptors (Lipinski definition) is 3. The van der Waals surface area contributed by atoms with Crippen LogP contribution < -0.4 is 4.74 Å². The van der Waals surface area contributed by atoms with E-state index < -0.39 is 0 Å². The molecule has 0 atom stereocenters. The van der Waals surface area contributed by atoms with Gasteiger partial charge in [0.05, 0.1) is 4.47 Å². The Bertz CT molecular complexity index is 428. The summed E-state index contributed by atoms with van der Waals surface area (Å²) in [6, 6.07) is 5.61. The van der Waals surface area contributed by atoms with E-state index in [1.165, 1.54) is 6.20 Å². The van der Waals surface area contributed by atoms with Gasteiger partial charge in [-0.3, -0.25) is 0 Å². The minimum absolute atomic E-state index is 0.309. The average molecular weight is 318 g/mol. The van der Waals surface area contributed by atoms with Crippen LogP contribution in [-0.2, 0) is 0 Å². The van der Waals surface area contributed by atoms with E-state index in [4.69, 9.17) is 9.15 Å². The van der Waals surface area contributed by atoms with Gasteiger partial charge in [-0.1, -0.05) is 15.9 Å². The number of benzene rings is 1. The van der Waals surface area contributed by atoms with Crippen molar-refractivity contribution in [1.29, 1.82) is 0 Å². The molecule has 0 unspecified atom stereocenters. The fraction of sp³-hybridized carbons (Fsp3) is 0. The van der Waals surface area contributed by atoms with Gasteiger partial charge in [0.2, 0.25) is 0 Å². The Hall–Kier alpha value is -0.810. The molecule has 0 N–H and O–H groups in total. The third-order valence-electron chi connectivity index (χ3n) is 1.47. The van der Waals surface area contributed by atoms with Crippen LogP contribution in [-0.4, -0.2) is 4.98 Å². The molecule has 0 aliphatic rings. The van der Waals surface area contributed by atoms with Crippen LogP contribution in [0.2, 0.25) is 0 Å². The van der Waals surface area contributed by atoms with Gasteiger partial charge in [-0.25, -0.2) is 4.98 Å². The average Bonchev–Trinajstić information content (AvgIpc) is 2.64. The molecule has 0 saturated heterocycles. The van der Waals surface area contributed by atoms with E-state index in [0.717, 1.165) is 8.95 Å². The van der Waals surface area contributed by atoms with Crippen molar-refractivity contribution in [3.8, 4) is 11.7 Å². The maximum absolute atomic E-state index is 5.39. The van der Waals surface area contributed by atoms with Gasteiger partial charge < -0.3 is 9.15 Å². The van der Waals surface area contributed by atoms with Crippen LogP contribution in [0.25, 0.3) is 0 Å². The Morgan fingerprint density at radius 3 is 2.93 bits per heavy atom. The predicted octanol–water partition coefficient (Wildman–Crippen LogP) is 3.79. The quantitative estimate of drug-likeness (QED) is 0.845. The number of rotatable bonds is 2. The van der Waals surface area contributed by atoms with E-state index in [2.05, 4.69) is 43.2 Å². The molecular formula is C9H4Br2NO2. The molecule has 0 amide bonds. The fourth-order valence-electron chi connectivity index (χ4n) is 0.888. The lowest BCUT2D eigenvalue weighted by Gasteiger charge is -2.03. The molecule has 0 aliphatic carbocycles. The van der Waals surface area contributed by atoms with Crippen molar-refractivity contribution in [2.75, 3.05) is 0 Å². The summed E-state index contributed by atoms with van der Waals surface area (Å²) in [6.45, 7) is 0. The number of aromatic nitrogens is 1. The topological polar surface area (TPSA) is 35.3 Å². The molecule has 1 aromatic carbocycles. The minimum Gasteiger partial charge on any atom is -0.424 e. The third kappa shape index (κ3) is 2.16. The van der Waals surface area contributed by atoms with Crippen molar-refractivity contribution < 1.29 is 9.15 Å². The fourth-order valence-corrected chi connectivity index (χ4v) is 1.56. The summed E-state index contributed by atoms with van der Waals surface area (Å²) >= 11 is 6.70. The molecule has 1 radical (unpaired) electrons. The second kappa shape index (κ2) is 4.14. The highest BCUT2D eigenvalue weighted by Crippen LogP contribution is 2.31. The largest absolute Gasteiger partial charge is 0.424 e. The molecule has 0 aliphatic heterocycles. The predicted molar refractivity (Wildman–Crippen MR) is 57.3 cm³/mol. The van der Waals surface area contributed by atoms with Gasteiger partial charge in [0.25, 0.3) is 6.39 Å². The zero-order valence-electron chi connectivity index (χ0n) is 6.83. The van der Waals surface area contributed by atoms with E-state index in [-0.39, 0.29) is 0 Å². The maximum atomic E-state index is 5.39. The summed E-state index contributed by atoms with van der Waals surface area (Å²) in [7, 11) is 0. The summed E-state index contributed by atoms with van der Waals surface area (Å²) in [5.74, 6) is 0.966. The van der Waals surface area contributed by atoms with E-state index in [0.29, 0.717) is 11.7 Å². The molecule has 14 heavy (non-hydrogen) atoms. The highest BCUT2D eigenvalue weighted by molar-refractivity contribution is 9.11. The van der Waals surface area contributed by atoms with E-state index in [1.54, 1.807) is 0 Å². The SMILES string of the molecule is Brc1ccc(Br)c(Oc2cn[c]o2)c1. The van der Waals surface area contributed by atoms with Crippen LogP contribution >= 0.6 is 31.9 Å². The highest BCUT2D eigenvalue weighted by Gasteiger charge is 2.05. The first-order valence-electron chi connectivity index (χ1n) is 3.70. The van der Waals surface area contributed by atoms with Crippen LogP contribution in [0.3, 0.4) is 0 Å². The van der Waals surface area contributed by atoms with E-state index in [9.17, 15) is 0 Å². The minimum atomic E-state index is 0.309. The first-order chi connectivity index (χ1) is 6.75. The van der Waals surface area contributed by atoms with Crippen molar-refractivity contribution in [3.05, 3.63) is 39.7 Å². The summed E-state index contributed by atoms with van der Waals surface area (Å²) in [6.07, 6.45) is 3.76. The third-order valence-corrected chi connectivity index (χ3v) is 2.62. The zero-order chi connectivity index (χ0) is 9.97.